The summed E-state index contributed by atoms with van der Waals surface area (Å²) in [6.07, 6.45) is 1.89. The van der Waals surface area contributed by atoms with Gasteiger partial charge in [0.15, 0.2) is 5.65 Å². The fraction of sp³-hybridized carbons (Fsp3) is 0.692. The second-order valence-electron chi connectivity index (χ2n) is 5.07. The molecule has 1 aliphatic heterocycles. The summed E-state index contributed by atoms with van der Waals surface area (Å²) in [5.74, 6) is 0.926. The van der Waals surface area contributed by atoms with Crippen LogP contribution in [0.3, 0.4) is 0 Å². The average molecular weight is 283 g/mol. The molecule has 5 nitrogen and oxygen atoms in total. The smallest absolute Gasteiger partial charge is 0.159 e. The minimum atomic E-state index is -0.113. The molecule has 0 amide bonds. The Morgan fingerprint density at radius 3 is 2.89 bits per heavy atom. The van der Waals surface area contributed by atoms with Gasteiger partial charge in [-0.15, -0.1) is 11.6 Å². The molecule has 0 aromatic carbocycles. The van der Waals surface area contributed by atoms with Crippen molar-refractivity contribution in [2.24, 2.45) is 7.05 Å². The summed E-state index contributed by atoms with van der Waals surface area (Å²) in [6, 6.07) is 0.321. The van der Waals surface area contributed by atoms with Crippen LogP contribution in [0.4, 0.5) is 0 Å². The first-order valence-electron chi connectivity index (χ1n) is 6.79. The number of halogens is 1. The summed E-state index contributed by atoms with van der Waals surface area (Å²) in [5, 5.41) is 4.44. The van der Waals surface area contributed by atoms with Crippen LogP contribution in [-0.4, -0.2) is 32.5 Å². The van der Waals surface area contributed by atoms with Gasteiger partial charge >= 0.3 is 0 Å². The van der Waals surface area contributed by atoms with E-state index in [4.69, 9.17) is 21.3 Å². The lowest BCUT2D eigenvalue weighted by Gasteiger charge is -2.16. The normalized spacial score (nSPS) is 21.4. The Bertz CT molecular complexity index is 595. The van der Waals surface area contributed by atoms with Gasteiger partial charge in [-0.2, -0.15) is 5.10 Å². The highest BCUT2D eigenvalue weighted by Crippen LogP contribution is 2.32. The lowest BCUT2D eigenvalue weighted by Crippen LogP contribution is -2.15. The first-order chi connectivity index (χ1) is 9.13. The van der Waals surface area contributed by atoms with Crippen molar-refractivity contribution in [1.82, 2.24) is 19.3 Å². The summed E-state index contributed by atoms with van der Waals surface area (Å²) in [4.78, 5) is 4.74. The van der Waals surface area contributed by atoms with E-state index in [0.29, 0.717) is 6.04 Å². The van der Waals surface area contributed by atoms with E-state index in [2.05, 4.69) is 16.6 Å². The maximum absolute atomic E-state index is 6.31. The Hall–Kier alpha value is -1.07. The molecule has 6 heteroatoms. The highest BCUT2D eigenvalue weighted by atomic mass is 35.5. The van der Waals surface area contributed by atoms with E-state index < -0.39 is 0 Å². The number of hydrogen-bond acceptors (Lipinski definition) is 3. The molecule has 19 heavy (non-hydrogen) atoms. The Morgan fingerprint density at radius 2 is 2.32 bits per heavy atom. The van der Waals surface area contributed by atoms with Gasteiger partial charge in [-0.1, -0.05) is 6.92 Å². The van der Waals surface area contributed by atoms with Crippen molar-refractivity contribution in [3.8, 4) is 0 Å². The van der Waals surface area contributed by atoms with Gasteiger partial charge in [-0.3, -0.25) is 4.68 Å². The molecule has 0 N–H and O–H groups in total. The number of nitrogens with zero attached hydrogens (tertiary/aromatic N) is 4. The number of alkyl halides is 1. The second-order valence-corrected chi connectivity index (χ2v) is 5.72. The van der Waals surface area contributed by atoms with E-state index in [9.17, 15) is 0 Å². The molecule has 0 saturated carbocycles. The number of imidazole rings is 1. The standard InChI is InChI=1S/C13H19ClN4O/c1-4-10-11-13(17(3)16-10)18(9-5-6-19-7-9)12(15-11)8(2)14/h8-9H,4-7H2,1-3H3. The number of hydrogen-bond donors (Lipinski definition) is 0. The minimum absolute atomic E-state index is 0.113. The van der Waals surface area contributed by atoms with Crippen LogP contribution in [0.15, 0.2) is 0 Å². The molecular formula is C13H19ClN4O. The topological polar surface area (TPSA) is 44.9 Å². The molecule has 2 aromatic heterocycles. The summed E-state index contributed by atoms with van der Waals surface area (Å²) >= 11 is 6.31. The number of aryl methyl sites for hydroxylation is 2. The highest BCUT2D eigenvalue weighted by molar-refractivity contribution is 6.20. The van der Waals surface area contributed by atoms with Gasteiger partial charge in [0.1, 0.15) is 11.3 Å². The van der Waals surface area contributed by atoms with Gasteiger partial charge in [0, 0.05) is 13.7 Å². The summed E-state index contributed by atoms with van der Waals surface area (Å²) in [7, 11) is 1.97. The van der Waals surface area contributed by atoms with Crippen LogP contribution in [0.1, 0.15) is 43.2 Å². The molecule has 3 heterocycles. The zero-order chi connectivity index (χ0) is 13.6. The summed E-state index contributed by atoms with van der Waals surface area (Å²) in [6.45, 7) is 5.60. The Kier molecular flexibility index (Phi) is 3.27. The molecule has 2 unspecified atom stereocenters. The molecular weight excluding hydrogens is 264 g/mol. The van der Waals surface area contributed by atoms with E-state index in [-0.39, 0.29) is 5.38 Å². The van der Waals surface area contributed by atoms with Gasteiger partial charge in [0.05, 0.1) is 23.7 Å². The SMILES string of the molecule is CCc1nn(C)c2c1nc(C(C)Cl)n2C1CCOC1. The lowest BCUT2D eigenvalue weighted by atomic mass is 10.2. The van der Waals surface area contributed by atoms with Gasteiger partial charge in [-0.05, 0) is 19.8 Å². The second kappa shape index (κ2) is 4.80. The number of fused-ring (bicyclic) bond motifs is 1. The van der Waals surface area contributed by atoms with Crippen LogP contribution in [0.25, 0.3) is 11.2 Å². The quantitative estimate of drug-likeness (QED) is 0.813. The molecule has 1 saturated heterocycles. The van der Waals surface area contributed by atoms with E-state index in [1.165, 1.54) is 0 Å². The minimum Gasteiger partial charge on any atom is -0.379 e. The lowest BCUT2D eigenvalue weighted by molar-refractivity contribution is 0.186. The molecule has 0 aliphatic carbocycles. The number of ether oxygens (including phenoxy) is 1. The molecule has 2 aromatic rings. The Balaban J connectivity index is 2.25. The molecule has 1 aliphatic rings. The van der Waals surface area contributed by atoms with Crippen LogP contribution >= 0.6 is 11.6 Å². The van der Waals surface area contributed by atoms with E-state index in [1.807, 2.05) is 18.7 Å². The third-order valence-electron chi connectivity index (χ3n) is 3.73. The molecule has 3 rings (SSSR count). The molecule has 104 valence electrons. The first-order valence-corrected chi connectivity index (χ1v) is 7.22. The summed E-state index contributed by atoms with van der Waals surface area (Å²) in [5.41, 5.74) is 3.09. The zero-order valence-corrected chi connectivity index (χ0v) is 12.3. The van der Waals surface area contributed by atoms with Gasteiger partial charge < -0.3 is 9.30 Å². The van der Waals surface area contributed by atoms with Crippen molar-refractivity contribution in [2.45, 2.75) is 38.1 Å². The van der Waals surface area contributed by atoms with Crippen LogP contribution in [0, 0.1) is 0 Å². The van der Waals surface area contributed by atoms with Gasteiger partial charge in [0.2, 0.25) is 0 Å². The molecule has 0 spiro atoms. The largest absolute Gasteiger partial charge is 0.379 e. The first kappa shape index (κ1) is 12.9. The molecule has 1 fully saturated rings. The maximum Gasteiger partial charge on any atom is 0.159 e. The third-order valence-corrected chi connectivity index (χ3v) is 3.92. The van der Waals surface area contributed by atoms with Gasteiger partial charge in [-0.25, -0.2) is 4.98 Å². The fourth-order valence-electron chi connectivity index (χ4n) is 2.82. The van der Waals surface area contributed by atoms with Crippen molar-refractivity contribution in [2.75, 3.05) is 13.2 Å². The summed E-state index contributed by atoms with van der Waals surface area (Å²) < 4.78 is 9.66. The predicted molar refractivity (Wildman–Crippen MR) is 74.6 cm³/mol. The Labute approximate surface area is 117 Å². The van der Waals surface area contributed by atoms with Crippen LogP contribution in [0.2, 0.25) is 0 Å². The van der Waals surface area contributed by atoms with Crippen molar-refractivity contribution >= 4 is 22.8 Å². The molecule has 0 bridgehead atoms. The van der Waals surface area contributed by atoms with Crippen LogP contribution in [0.5, 0.6) is 0 Å². The molecule has 2 atom stereocenters. The Morgan fingerprint density at radius 1 is 1.53 bits per heavy atom. The van der Waals surface area contributed by atoms with Crippen LogP contribution in [-0.2, 0) is 18.2 Å². The number of rotatable bonds is 3. The maximum atomic E-state index is 6.31. The third kappa shape index (κ3) is 1.96. The average Bonchev–Trinajstić information content (AvgIpc) is 3.04. The van der Waals surface area contributed by atoms with Crippen molar-refractivity contribution in [3.05, 3.63) is 11.5 Å². The predicted octanol–water partition coefficient (Wildman–Crippen LogP) is 2.59. The van der Waals surface area contributed by atoms with Crippen molar-refractivity contribution < 1.29 is 4.74 Å². The monoisotopic (exact) mass is 282 g/mol. The highest BCUT2D eigenvalue weighted by Gasteiger charge is 2.28. The van der Waals surface area contributed by atoms with Gasteiger partial charge in [0.25, 0.3) is 0 Å². The van der Waals surface area contributed by atoms with Crippen molar-refractivity contribution in [1.29, 1.82) is 0 Å². The zero-order valence-electron chi connectivity index (χ0n) is 11.6. The van der Waals surface area contributed by atoms with E-state index >= 15 is 0 Å². The van der Waals surface area contributed by atoms with Crippen molar-refractivity contribution in [3.63, 3.8) is 0 Å². The van der Waals surface area contributed by atoms with E-state index in [1.54, 1.807) is 0 Å². The number of aromatic nitrogens is 4. The van der Waals surface area contributed by atoms with E-state index in [0.717, 1.165) is 48.7 Å². The van der Waals surface area contributed by atoms with Crippen LogP contribution < -0.4 is 0 Å². The fourth-order valence-corrected chi connectivity index (χ4v) is 2.98. The molecule has 0 radical (unpaired) electrons.